The molecule has 8 heteroatoms. The molecule has 168 valence electrons. The standard InChI is InChI=1S/C24H26N2O5S/c1-15-12-16(2)23-20(27)14-22(31-21(23)13-15)24(28)25-18-7-9-19(10-8-18)32(29,30)26-11-5-4-6-17(26)3/h7-10,12-14,17H,4-6,11H2,1-3H3,(H,25,28)/t17-/m1/s1. The zero-order valence-electron chi connectivity index (χ0n) is 18.3. The highest BCUT2D eigenvalue weighted by Crippen LogP contribution is 2.26. The summed E-state index contributed by atoms with van der Waals surface area (Å²) in [6, 6.07) is 10.8. The highest BCUT2D eigenvalue weighted by atomic mass is 32.2. The number of nitrogens with zero attached hydrogens (tertiary/aromatic N) is 1. The van der Waals surface area contributed by atoms with Gasteiger partial charge in [0.25, 0.3) is 5.91 Å². The summed E-state index contributed by atoms with van der Waals surface area (Å²) in [5.41, 5.74) is 2.20. The van der Waals surface area contributed by atoms with Crippen molar-refractivity contribution in [3.63, 3.8) is 0 Å². The minimum absolute atomic E-state index is 0.0313. The number of carbonyl (C=O) groups excluding carboxylic acids is 1. The highest BCUT2D eigenvalue weighted by molar-refractivity contribution is 7.89. The van der Waals surface area contributed by atoms with E-state index >= 15 is 0 Å². The number of piperidine rings is 1. The lowest BCUT2D eigenvalue weighted by Crippen LogP contribution is -2.41. The Hall–Kier alpha value is -2.97. The topological polar surface area (TPSA) is 96.7 Å². The first-order valence-electron chi connectivity index (χ1n) is 10.6. The Morgan fingerprint density at radius 3 is 2.50 bits per heavy atom. The molecule has 1 saturated heterocycles. The van der Waals surface area contributed by atoms with Crippen molar-refractivity contribution in [1.29, 1.82) is 0 Å². The van der Waals surface area contributed by atoms with Gasteiger partial charge in [0.05, 0.1) is 10.3 Å². The van der Waals surface area contributed by atoms with Gasteiger partial charge < -0.3 is 9.73 Å². The maximum atomic E-state index is 13.0. The molecule has 4 rings (SSSR count). The van der Waals surface area contributed by atoms with E-state index in [1.165, 1.54) is 34.6 Å². The second-order valence-corrected chi connectivity index (χ2v) is 10.3. The van der Waals surface area contributed by atoms with E-state index in [0.29, 0.717) is 23.2 Å². The third-order valence-electron chi connectivity index (χ3n) is 5.86. The monoisotopic (exact) mass is 454 g/mol. The van der Waals surface area contributed by atoms with Crippen molar-refractivity contribution in [1.82, 2.24) is 4.31 Å². The molecular weight excluding hydrogens is 428 g/mol. The number of sulfonamides is 1. The molecule has 32 heavy (non-hydrogen) atoms. The van der Waals surface area contributed by atoms with Crippen LogP contribution in [0.25, 0.3) is 11.0 Å². The number of hydrogen-bond donors (Lipinski definition) is 1. The van der Waals surface area contributed by atoms with Gasteiger partial charge in [0.2, 0.25) is 10.0 Å². The Morgan fingerprint density at radius 2 is 1.81 bits per heavy atom. The second kappa shape index (κ2) is 8.52. The number of fused-ring (bicyclic) bond motifs is 1. The molecule has 1 aliphatic rings. The zero-order valence-corrected chi connectivity index (χ0v) is 19.2. The van der Waals surface area contributed by atoms with E-state index < -0.39 is 15.9 Å². The van der Waals surface area contributed by atoms with Crippen LogP contribution in [0.5, 0.6) is 0 Å². The van der Waals surface area contributed by atoms with E-state index in [-0.39, 0.29) is 22.1 Å². The molecule has 1 amide bonds. The van der Waals surface area contributed by atoms with Crippen molar-refractivity contribution in [3.8, 4) is 0 Å². The molecule has 0 spiro atoms. The molecule has 1 aliphatic heterocycles. The Morgan fingerprint density at radius 1 is 1.09 bits per heavy atom. The Bertz CT molecular complexity index is 1340. The molecule has 0 aliphatic carbocycles. The molecule has 0 radical (unpaired) electrons. The number of amides is 1. The fourth-order valence-corrected chi connectivity index (χ4v) is 5.94. The van der Waals surface area contributed by atoms with E-state index in [0.717, 1.165) is 30.4 Å². The van der Waals surface area contributed by atoms with Crippen LogP contribution in [0, 0.1) is 13.8 Å². The largest absolute Gasteiger partial charge is 0.451 e. The zero-order chi connectivity index (χ0) is 23.0. The van der Waals surface area contributed by atoms with Crippen molar-refractivity contribution >= 4 is 32.6 Å². The number of aryl methyl sites for hydroxylation is 2. The number of nitrogens with one attached hydrogen (secondary N) is 1. The van der Waals surface area contributed by atoms with Gasteiger partial charge in [-0.25, -0.2) is 8.42 Å². The molecule has 1 fully saturated rings. The maximum Gasteiger partial charge on any atom is 0.291 e. The van der Waals surface area contributed by atoms with Crippen molar-refractivity contribution in [3.05, 3.63) is 69.6 Å². The van der Waals surface area contributed by atoms with Crippen molar-refractivity contribution in [2.24, 2.45) is 0 Å². The van der Waals surface area contributed by atoms with Crippen LogP contribution >= 0.6 is 0 Å². The van der Waals surface area contributed by atoms with Gasteiger partial charge in [-0.3, -0.25) is 9.59 Å². The van der Waals surface area contributed by atoms with Crippen LogP contribution in [0.15, 0.2) is 56.6 Å². The van der Waals surface area contributed by atoms with Crippen LogP contribution in [0.4, 0.5) is 5.69 Å². The van der Waals surface area contributed by atoms with E-state index in [4.69, 9.17) is 4.42 Å². The predicted molar refractivity (Wildman–Crippen MR) is 124 cm³/mol. The van der Waals surface area contributed by atoms with Crippen LogP contribution in [0.2, 0.25) is 0 Å². The van der Waals surface area contributed by atoms with Crippen molar-refractivity contribution < 1.29 is 17.6 Å². The lowest BCUT2D eigenvalue weighted by Gasteiger charge is -2.32. The number of benzene rings is 2. The summed E-state index contributed by atoms with van der Waals surface area (Å²) in [6.45, 7) is 6.15. The van der Waals surface area contributed by atoms with E-state index in [1.807, 2.05) is 26.8 Å². The molecule has 1 N–H and O–H groups in total. The molecular formula is C24H26N2O5S. The minimum atomic E-state index is -3.59. The summed E-state index contributed by atoms with van der Waals surface area (Å²) >= 11 is 0. The van der Waals surface area contributed by atoms with Gasteiger partial charge in [0.15, 0.2) is 11.2 Å². The summed E-state index contributed by atoms with van der Waals surface area (Å²) in [6.07, 6.45) is 2.74. The fourth-order valence-electron chi connectivity index (χ4n) is 4.24. The van der Waals surface area contributed by atoms with Crippen molar-refractivity contribution in [2.45, 2.75) is 51.0 Å². The second-order valence-electron chi connectivity index (χ2n) is 8.37. The summed E-state index contributed by atoms with van der Waals surface area (Å²) in [5, 5.41) is 3.12. The molecule has 2 heterocycles. The van der Waals surface area contributed by atoms with E-state index in [9.17, 15) is 18.0 Å². The molecule has 7 nitrogen and oxygen atoms in total. The Balaban J connectivity index is 1.56. The van der Waals surface area contributed by atoms with Gasteiger partial charge >= 0.3 is 0 Å². The Labute approximate surface area is 187 Å². The quantitative estimate of drug-likeness (QED) is 0.636. The van der Waals surface area contributed by atoms with Gasteiger partial charge in [0.1, 0.15) is 5.58 Å². The molecule has 1 aromatic heterocycles. The molecule has 1 atom stereocenters. The maximum absolute atomic E-state index is 13.0. The smallest absolute Gasteiger partial charge is 0.291 e. The number of anilines is 1. The number of hydrogen-bond acceptors (Lipinski definition) is 5. The average Bonchev–Trinajstić information content (AvgIpc) is 2.73. The lowest BCUT2D eigenvalue weighted by molar-refractivity contribution is 0.0997. The van der Waals surface area contributed by atoms with Crippen LogP contribution in [0.1, 0.15) is 47.9 Å². The van der Waals surface area contributed by atoms with Gasteiger partial charge in [0, 0.05) is 24.3 Å². The number of rotatable bonds is 4. The molecule has 3 aromatic rings. The van der Waals surface area contributed by atoms with Crippen LogP contribution in [0.3, 0.4) is 0 Å². The molecule has 0 unspecified atom stereocenters. The summed E-state index contributed by atoms with van der Waals surface area (Å²) < 4.78 is 33.1. The highest BCUT2D eigenvalue weighted by Gasteiger charge is 2.30. The first-order chi connectivity index (χ1) is 15.2. The first kappa shape index (κ1) is 22.2. The SMILES string of the molecule is Cc1cc(C)c2c(=O)cc(C(=O)Nc3ccc(S(=O)(=O)N4CCCC[C@H]4C)cc3)oc2c1. The third-order valence-corrected chi connectivity index (χ3v) is 7.88. The van der Waals surface area contributed by atoms with Crippen LogP contribution in [-0.4, -0.2) is 31.2 Å². The summed E-state index contributed by atoms with van der Waals surface area (Å²) in [5.74, 6) is -0.685. The average molecular weight is 455 g/mol. The predicted octanol–water partition coefficient (Wildman–Crippen LogP) is 4.23. The van der Waals surface area contributed by atoms with Gasteiger partial charge in [-0.1, -0.05) is 12.5 Å². The van der Waals surface area contributed by atoms with E-state index in [1.54, 1.807) is 6.07 Å². The summed E-state index contributed by atoms with van der Waals surface area (Å²) in [7, 11) is -3.59. The number of carbonyl (C=O) groups is 1. The van der Waals surface area contributed by atoms with Crippen molar-refractivity contribution in [2.75, 3.05) is 11.9 Å². The van der Waals surface area contributed by atoms with Crippen LogP contribution < -0.4 is 10.7 Å². The molecule has 2 aromatic carbocycles. The van der Waals surface area contributed by atoms with Crippen LogP contribution in [-0.2, 0) is 10.0 Å². The summed E-state index contributed by atoms with van der Waals surface area (Å²) in [4.78, 5) is 25.4. The Kier molecular flexibility index (Phi) is 5.92. The minimum Gasteiger partial charge on any atom is -0.451 e. The first-order valence-corrected chi connectivity index (χ1v) is 12.1. The van der Waals surface area contributed by atoms with Gasteiger partial charge in [-0.05, 0) is 75.1 Å². The van der Waals surface area contributed by atoms with Gasteiger partial charge in [-0.15, -0.1) is 0 Å². The third kappa shape index (κ3) is 4.20. The lowest BCUT2D eigenvalue weighted by atomic mass is 10.1. The molecule has 0 bridgehead atoms. The van der Waals surface area contributed by atoms with E-state index in [2.05, 4.69) is 5.32 Å². The molecule has 0 saturated carbocycles. The fraction of sp³-hybridized carbons (Fsp3) is 0.333. The van der Waals surface area contributed by atoms with Gasteiger partial charge in [-0.2, -0.15) is 4.31 Å². The normalized spacial score (nSPS) is 17.4.